The molecular formula is C28H31NO7S. The molecule has 2 aromatic carbocycles. The Morgan fingerprint density at radius 2 is 1.84 bits per heavy atom. The first kappa shape index (κ1) is 26.6. The van der Waals surface area contributed by atoms with Gasteiger partial charge in [0.25, 0.3) is 5.24 Å². The molecule has 0 radical (unpaired) electrons. The lowest BCUT2D eigenvalue weighted by Crippen LogP contribution is -2.43. The van der Waals surface area contributed by atoms with Gasteiger partial charge in [-0.15, -0.1) is 0 Å². The topological polar surface area (TPSA) is 111 Å². The number of hydrogen-bond acceptors (Lipinski definition) is 7. The molecule has 2 aromatic rings. The molecule has 1 fully saturated rings. The minimum atomic E-state index is -1.35. The lowest BCUT2D eigenvalue weighted by molar-refractivity contribution is -0.152. The number of carboxylic acid groups (broad SMARTS) is 1. The van der Waals surface area contributed by atoms with E-state index < -0.39 is 17.2 Å². The number of carbonyl (C=O) groups excluding carboxylic acids is 2. The van der Waals surface area contributed by atoms with E-state index in [1.807, 2.05) is 52.0 Å². The maximum absolute atomic E-state index is 11.8. The lowest BCUT2D eigenvalue weighted by Gasteiger charge is -2.38. The van der Waals surface area contributed by atoms with Crippen molar-refractivity contribution in [1.29, 1.82) is 0 Å². The number of hydrogen-bond donors (Lipinski definition) is 2. The smallest absolute Gasteiger partial charge is 0.347 e. The maximum atomic E-state index is 11.8. The molecule has 8 nitrogen and oxygen atoms in total. The molecule has 1 amide bonds. The van der Waals surface area contributed by atoms with Crippen LogP contribution in [0, 0.1) is 20.8 Å². The first-order valence-corrected chi connectivity index (χ1v) is 12.8. The Hall–Kier alpha value is -3.46. The van der Waals surface area contributed by atoms with Crippen LogP contribution < -0.4 is 19.5 Å². The number of ether oxygens (including phenoxy) is 3. The standard InChI is InChI=1S/C28H31NO7S/c1-15-16(2)23-20(17(3)22(15)35-27(4,5)25(31)32)11-12-28(6,36-23)14-34-19-9-7-18(8-10-19)13-21-24(30)37-26(33)29-21/h7-10,13H,11-12,14H2,1-6H3,(H,29,33)(H,31,32). The second kappa shape index (κ2) is 9.78. The van der Waals surface area contributed by atoms with Crippen molar-refractivity contribution < 1.29 is 33.7 Å². The molecule has 0 aromatic heterocycles. The van der Waals surface area contributed by atoms with Gasteiger partial charge in [-0.25, -0.2) is 4.79 Å². The van der Waals surface area contributed by atoms with Crippen LogP contribution in [0.25, 0.3) is 6.08 Å². The summed E-state index contributed by atoms with van der Waals surface area (Å²) >= 11 is 0.650. The Balaban J connectivity index is 1.47. The summed E-state index contributed by atoms with van der Waals surface area (Å²) in [5, 5.41) is 11.4. The van der Waals surface area contributed by atoms with Gasteiger partial charge in [-0.1, -0.05) is 12.1 Å². The highest BCUT2D eigenvalue weighted by molar-refractivity contribution is 8.27. The predicted octanol–water partition coefficient (Wildman–Crippen LogP) is 5.34. The monoisotopic (exact) mass is 525 g/mol. The first-order chi connectivity index (χ1) is 17.3. The first-order valence-electron chi connectivity index (χ1n) is 12.0. The van der Waals surface area contributed by atoms with Crippen molar-refractivity contribution >= 4 is 34.2 Å². The minimum absolute atomic E-state index is 0.270. The van der Waals surface area contributed by atoms with Crippen LogP contribution >= 0.6 is 11.8 Å². The van der Waals surface area contributed by atoms with Crippen LogP contribution in [0.5, 0.6) is 17.2 Å². The van der Waals surface area contributed by atoms with Crippen molar-refractivity contribution in [3.63, 3.8) is 0 Å². The molecule has 0 bridgehead atoms. The van der Waals surface area contributed by atoms with E-state index in [0.29, 0.717) is 29.9 Å². The molecule has 196 valence electrons. The predicted molar refractivity (Wildman–Crippen MR) is 141 cm³/mol. The largest absolute Gasteiger partial charge is 0.489 e. The molecule has 4 rings (SSSR count). The molecule has 9 heteroatoms. The van der Waals surface area contributed by atoms with Crippen LogP contribution in [0.3, 0.4) is 0 Å². The van der Waals surface area contributed by atoms with Gasteiger partial charge in [-0.3, -0.25) is 9.59 Å². The Morgan fingerprint density at radius 1 is 1.16 bits per heavy atom. The lowest BCUT2D eigenvalue weighted by atomic mass is 9.87. The average Bonchev–Trinajstić information content (AvgIpc) is 3.16. The molecule has 0 spiro atoms. The van der Waals surface area contributed by atoms with Gasteiger partial charge in [-0.2, -0.15) is 0 Å². The summed E-state index contributed by atoms with van der Waals surface area (Å²) in [5.74, 6) is 1.04. The molecule has 2 aliphatic heterocycles. The van der Waals surface area contributed by atoms with E-state index >= 15 is 0 Å². The second-order valence-corrected chi connectivity index (χ2v) is 11.1. The van der Waals surface area contributed by atoms with Gasteiger partial charge in [0.1, 0.15) is 29.5 Å². The molecular weight excluding hydrogens is 494 g/mol. The third kappa shape index (κ3) is 5.46. The fraction of sp³-hybridized carbons (Fsp3) is 0.393. The number of carboxylic acids is 1. The van der Waals surface area contributed by atoms with Gasteiger partial charge in [0.2, 0.25) is 5.12 Å². The quantitative estimate of drug-likeness (QED) is 0.466. The number of aliphatic carboxylic acids is 1. The summed E-state index contributed by atoms with van der Waals surface area (Å²) in [4.78, 5) is 34.7. The van der Waals surface area contributed by atoms with Gasteiger partial charge >= 0.3 is 5.97 Å². The van der Waals surface area contributed by atoms with Gasteiger partial charge in [0.05, 0.1) is 5.70 Å². The van der Waals surface area contributed by atoms with E-state index in [1.165, 1.54) is 0 Å². The van der Waals surface area contributed by atoms with Gasteiger partial charge in [-0.05, 0) is 94.8 Å². The summed E-state index contributed by atoms with van der Waals surface area (Å²) in [6.07, 6.45) is 3.10. The summed E-state index contributed by atoms with van der Waals surface area (Å²) in [7, 11) is 0. The molecule has 37 heavy (non-hydrogen) atoms. The average molecular weight is 526 g/mol. The third-order valence-electron chi connectivity index (χ3n) is 6.81. The number of nitrogens with one attached hydrogen (secondary N) is 1. The van der Waals surface area contributed by atoms with Crippen LogP contribution in [0.4, 0.5) is 4.79 Å². The Morgan fingerprint density at radius 3 is 2.43 bits per heavy atom. The second-order valence-electron chi connectivity index (χ2n) is 10.2. The maximum Gasteiger partial charge on any atom is 0.347 e. The van der Waals surface area contributed by atoms with E-state index in [1.54, 1.807) is 19.9 Å². The highest BCUT2D eigenvalue weighted by Crippen LogP contribution is 2.44. The van der Waals surface area contributed by atoms with Crippen molar-refractivity contribution in [3.05, 3.63) is 57.8 Å². The van der Waals surface area contributed by atoms with Crippen LogP contribution in [-0.2, 0) is 16.0 Å². The van der Waals surface area contributed by atoms with Crippen molar-refractivity contribution in [3.8, 4) is 17.2 Å². The van der Waals surface area contributed by atoms with Gasteiger partial charge in [0, 0.05) is 17.3 Å². The van der Waals surface area contributed by atoms with Crippen molar-refractivity contribution in [2.24, 2.45) is 0 Å². The summed E-state index contributed by atoms with van der Waals surface area (Å²) in [5.41, 5.74) is 2.85. The van der Waals surface area contributed by atoms with Crippen LogP contribution in [0.15, 0.2) is 30.0 Å². The highest BCUT2D eigenvalue weighted by atomic mass is 32.2. The zero-order valence-corrected chi connectivity index (χ0v) is 22.6. The number of carbonyl (C=O) groups is 3. The number of thioether (sulfide) groups is 1. The summed E-state index contributed by atoms with van der Waals surface area (Å²) < 4.78 is 18.5. The van der Waals surface area contributed by atoms with E-state index in [-0.39, 0.29) is 16.1 Å². The molecule has 2 heterocycles. The van der Waals surface area contributed by atoms with Crippen molar-refractivity contribution in [1.82, 2.24) is 5.32 Å². The molecule has 2 aliphatic rings. The Kier molecular flexibility index (Phi) is 7.03. The SMILES string of the molecule is Cc1c(C)c2c(c(C)c1OC(C)(C)C(=O)O)CCC(C)(COc1ccc(C=C3NC(=O)SC3=O)cc1)O2. The molecule has 2 N–H and O–H groups in total. The highest BCUT2D eigenvalue weighted by Gasteiger charge is 2.37. The van der Waals surface area contributed by atoms with E-state index in [0.717, 1.165) is 46.4 Å². The minimum Gasteiger partial charge on any atom is -0.489 e. The third-order valence-corrected chi connectivity index (χ3v) is 7.51. The fourth-order valence-electron chi connectivity index (χ4n) is 4.32. The summed E-state index contributed by atoms with van der Waals surface area (Å²) in [6, 6.07) is 7.27. The Labute approximate surface area is 220 Å². The molecule has 1 saturated heterocycles. The van der Waals surface area contributed by atoms with Gasteiger partial charge < -0.3 is 24.6 Å². The van der Waals surface area contributed by atoms with Crippen molar-refractivity contribution in [2.45, 2.75) is 65.6 Å². The number of benzene rings is 2. The van der Waals surface area contributed by atoms with Crippen LogP contribution in [0.1, 0.15) is 55.0 Å². The number of amides is 1. The zero-order chi connectivity index (χ0) is 27.1. The van der Waals surface area contributed by atoms with E-state index in [9.17, 15) is 19.5 Å². The van der Waals surface area contributed by atoms with E-state index in [4.69, 9.17) is 14.2 Å². The summed E-state index contributed by atoms with van der Waals surface area (Å²) in [6.45, 7) is 11.3. The zero-order valence-electron chi connectivity index (χ0n) is 21.8. The fourth-order valence-corrected chi connectivity index (χ4v) is 4.87. The Bertz CT molecular complexity index is 1310. The molecule has 1 unspecified atom stereocenters. The molecule has 1 atom stereocenters. The normalized spacial score (nSPS) is 20.3. The van der Waals surface area contributed by atoms with Crippen molar-refractivity contribution in [2.75, 3.05) is 6.61 Å². The van der Waals surface area contributed by atoms with Crippen LogP contribution in [0.2, 0.25) is 0 Å². The molecule has 0 aliphatic carbocycles. The number of fused-ring (bicyclic) bond motifs is 1. The molecule has 0 saturated carbocycles. The van der Waals surface area contributed by atoms with Crippen LogP contribution in [-0.4, -0.2) is 39.2 Å². The van der Waals surface area contributed by atoms with Gasteiger partial charge in [0.15, 0.2) is 5.60 Å². The number of rotatable bonds is 7. The van der Waals surface area contributed by atoms with E-state index in [2.05, 4.69) is 5.32 Å².